The lowest BCUT2D eigenvalue weighted by molar-refractivity contribution is 0.0992. The largest absolute Gasteiger partial charge is 0.490 e. The summed E-state index contributed by atoms with van der Waals surface area (Å²) in [5, 5.41) is 4.29. The molecule has 0 atom stereocenters. The standard InChI is InChI=1S/C26H27N5O2/c1-17-28-16-25(31(17)2)20-11-19-12-21(29-15-24(19)30-14-20)13-26(32)18-3-5-22(6-4-18)33-23-7-9-27-10-8-23/h3-6,11-12,14-16,23,27H,7-10,13H2,1-2H3. The maximum atomic E-state index is 12.9. The predicted molar refractivity (Wildman–Crippen MR) is 127 cm³/mol. The number of aryl methyl sites for hydroxylation is 1. The molecule has 1 fully saturated rings. The first-order chi connectivity index (χ1) is 16.1. The van der Waals surface area contributed by atoms with Gasteiger partial charge in [-0.3, -0.25) is 14.8 Å². The number of nitrogens with zero attached hydrogens (tertiary/aromatic N) is 4. The molecule has 0 spiro atoms. The van der Waals surface area contributed by atoms with E-state index in [-0.39, 0.29) is 18.3 Å². The lowest BCUT2D eigenvalue weighted by Crippen LogP contribution is -2.34. The van der Waals surface area contributed by atoms with Gasteiger partial charge in [-0.2, -0.15) is 0 Å². The third kappa shape index (κ3) is 4.64. The number of carbonyl (C=O) groups excluding carboxylic acids is 1. The maximum absolute atomic E-state index is 12.9. The number of carbonyl (C=O) groups is 1. The summed E-state index contributed by atoms with van der Waals surface area (Å²) in [6.07, 6.45) is 7.89. The van der Waals surface area contributed by atoms with E-state index in [1.807, 2.05) is 61.3 Å². The van der Waals surface area contributed by atoms with Crippen molar-refractivity contribution in [1.82, 2.24) is 24.8 Å². The first-order valence-electron chi connectivity index (χ1n) is 11.3. The third-order valence-corrected chi connectivity index (χ3v) is 6.25. The minimum atomic E-state index is 0.0293. The molecule has 7 heteroatoms. The van der Waals surface area contributed by atoms with Crippen LogP contribution in [0.5, 0.6) is 5.75 Å². The van der Waals surface area contributed by atoms with E-state index >= 15 is 0 Å². The number of imidazole rings is 1. The molecule has 3 aromatic heterocycles. The Kier molecular flexibility index (Phi) is 5.88. The number of hydrogen-bond acceptors (Lipinski definition) is 6. The van der Waals surface area contributed by atoms with Gasteiger partial charge in [-0.1, -0.05) is 0 Å². The Morgan fingerprint density at radius 3 is 2.58 bits per heavy atom. The number of benzene rings is 1. The quantitative estimate of drug-likeness (QED) is 0.457. The summed E-state index contributed by atoms with van der Waals surface area (Å²) in [6.45, 7) is 3.94. The Morgan fingerprint density at radius 2 is 1.85 bits per heavy atom. The molecule has 4 aromatic rings. The van der Waals surface area contributed by atoms with Crippen molar-refractivity contribution in [3.63, 3.8) is 0 Å². The summed E-state index contributed by atoms with van der Waals surface area (Å²) < 4.78 is 8.07. The first-order valence-corrected chi connectivity index (χ1v) is 11.3. The topological polar surface area (TPSA) is 81.9 Å². The molecule has 0 bridgehead atoms. The molecule has 0 aliphatic carbocycles. The molecule has 4 heterocycles. The van der Waals surface area contributed by atoms with E-state index in [9.17, 15) is 4.79 Å². The van der Waals surface area contributed by atoms with Gasteiger partial charge < -0.3 is 14.6 Å². The molecule has 5 rings (SSSR count). The monoisotopic (exact) mass is 441 g/mol. The van der Waals surface area contributed by atoms with Crippen molar-refractivity contribution in [2.24, 2.45) is 7.05 Å². The molecular formula is C26H27N5O2. The average Bonchev–Trinajstić information content (AvgIpc) is 3.18. The van der Waals surface area contributed by atoms with Gasteiger partial charge in [0.1, 0.15) is 17.7 Å². The number of pyridine rings is 2. The molecule has 0 saturated carbocycles. The molecule has 0 unspecified atom stereocenters. The van der Waals surface area contributed by atoms with E-state index in [2.05, 4.69) is 26.3 Å². The van der Waals surface area contributed by atoms with Crippen molar-refractivity contribution in [2.45, 2.75) is 32.3 Å². The smallest absolute Gasteiger partial charge is 0.168 e. The van der Waals surface area contributed by atoms with Gasteiger partial charge in [0.25, 0.3) is 0 Å². The van der Waals surface area contributed by atoms with Crippen LogP contribution >= 0.6 is 0 Å². The molecule has 168 valence electrons. The van der Waals surface area contributed by atoms with Crippen molar-refractivity contribution in [3.05, 3.63) is 72.1 Å². The van der Waals surface area contributed by atoms with Crippen LogP contribution in [-0.2, 0) is 13.5 Å². The second kappa shape index (κ2) is 9.11. The number of Topliss-reactive ketones (excluding diaryl/α,β-unsaturated/α-hetero) is 1. The summed E-state index contributed by atoms with van der Waals surface area (Å²) in [7, 11) is 1.99. The van der Waals surface area contributed by atoms with Gasteiger partial charge in [0.15, 0.2) is 5.78 Å². The fourth-order valence-corrected chi connectivity index (χ4v) is 4.18. The lowest BCUT2D eigenvalue weighted by atomic mass is 10.0. The van der Waals surface area contributed by atoms with Gasteiger partial charge in [0.2, 0.25) is 0 Å². The van der Waals surface area contributed by atoms with Crippen molar-refractivity contribution in [1.29, 1.82) is 0 Å². The summed E-state index contributed by atoms with van der Waals surface area (Å²) >= 11 is 0. The number of ketones is 1. The van der Waals surface area contributed by atoms with Crippen molar-refractivity contribution >= 4 is 16.7 Å². The highest BCUT2D eigenvalue weighted by Gasteiger charge is 2.15. The Bertz CT molecular complexity index is 1290. The molecule has 7 nitrogen and oxygen atoms in total. The van der Waals surface area contributed by atoms with E-state index in [4.69, 9.17) is 4.74 Å². The molecule has 1 aliphatic heterocycles. The second-order valence-corrected chi connectivity index (χ2v) is 8.53. The molecule has 1 N–H and O–H groups in total. The maximum Gasteiger partial charge on any atom is 0.168 e. The second-order valence-electron chi connectivity index (χ2n) is 8.53. The Labute approximate surface area is 192 Å². The van der Waals surface area contributed by atoms with Gasteiger partial charge >= 0.3 is 0 Å². The van der Waals surface area contributed by atoms with Gasteiger partial charge in [-0.25, -0.2) is 4.98 Å². The Hall–Kier alpha value is -3.58. The average molecular weight is 442 g/mol. The number of ether oxygens (including phenoxy) is 1. The fraction of sp³-hybridized carbons (Fsp3) is 0.308. The number of nitrogens with one attached hydrogen (secondary N) is 1. The first kappa shape index (κ1) is 21.3. The molecule has 0 radical (unpaired) electrons. The van der Waals surface area contributed by atoms with E-state index in [1.165, 1.54) is 0 Å². The normalized spacial score (nSPS) is 14.5. The van der Waals surface area contributed by atoms with Crippen molar-refractivity contribution < 1.29 is 9.53 Å². The highest BCUT2D eigenvalue weighted by atomic mass is 16.5. The molecular weight excluding hydrogens is 414 g/mol. The fourth-order valence-electron chi connectivity index (χ4n) is 4.18. The summed E-state index contributed by atoms with van der Waals surface area (Å²) in [5.41, 5.74) is 4.17. The minimum absolute atomic E-state index is 0.0293. The molecule has 0 amide bonds. The number of hydrogen-bond donors (Lipinski definition) is 1. The van der Waals surface area contributed by atoms with Crippen LogP contribution in [0.4, 0.5) is 0 Å². The van der Waals surface area contributed by atoms with Crippen LogP contribution in [0.3, 0.4) is 0 Å². The Morgan fingerprint density at radius 1 is 1.06 bits per heavy atom. The van der Waals surface area contributed by atoms with E-state index in [1.54, 1.807) is 6.20 Å². The van der Waals surface area contributed by atoms with E-state index in [0.717, 1.165) is 65.4 Å². The Balaban J connectivity index is 1.30. The highest BCUT2D eigenvalue weighted by Crippen LogP contribution is 2.24. The number of piperidine rings is 1. The zero-order valence-electron chi connectivity index (χ0n) is 18.9. The summed E-state index contributed by atoms with van der Waals surface area (Å²) in [5.74, 6) is 1.78. The zero-order valence-corrected chi connectivity index (χ0v) is 18.9. The minimum Gasteiger partial charge on any atom is -0.490 e. The van der Waals surface area contributed by atoms with Crippen LogP contribution in [0, 0.1) is 6.92 Å². The summed E-state index contributed by atoms with van der Waals surface area (Å²) in [4.78, 5) is 26.2. The third-order valence-electron chi connectivity index (χ3n) is 6.25. The van der Waals surface area contributed by atoms with Crippen LogP contribution in [0.15, 0.2) is 55.0 Å². The SMILES string of the molecule is Cc1ncc(-c2cnc3cnc(CC(=O)c4ccc(OC5CCNCC5)cc4)cc3c2)n1C. The predicted octanol–water partition coefficient (Wildman–Crippen LogP) is 3.89. The van der Waals surface area contributed by atoms with Gasteiger partial charge in [0.05, 0.1) is 30.0 Å². The van der Waals surface area contributed by atoms with Crippen LogP contribution in [0.2, 0.25) is 0 Å². The molecule has 33 heavy (non-hydrogen) atoms. The van der Waals surface area contributed by atoms with Crippen LogP contribution in [0.25, 0.3) is 22.2 Å². The number of fused-ring (bicyclic) bond motifs is 1. The van der Waals surface area contributed by atoms with E-state index in [0.29, 0.717) is 5.56 Å². The molecule has 1 aliphatic rings. The van der Waals surface area contributed by atoms with Gasteiger partial charge in [-0.15, -0.1) is 0 Å². The lowest BCUT2D eigenvalue weighted by Gasteiger charge is -2.23. The summed E-state index contributed by atoms with van der Waals surface area (Å²) in [6, 6.07) is 11.5. The molecule has 1 aromatic carbocycles. The van der Waals surface area contributed by atoms with E-state index < -0.39 is 0 Å². The van der Waals surface area contributed by atoms with Crippen LogP contribution in [0.1, 0.15) is 34.7 Å². The molecule has 1 saturated heterocycles. The highest BCUT2D eigenvalue weighted by molar-refractivity contribution is 5.97. The number of aromatic nitrogens is 4. The van der Waals surface area contributed by atoms with Gasteiger partial charge in [0, 0.05) is 35.5 Å². The van der Waals surface area contributed by atoms with Crippen LogP contribution in [-0.4, -0.2) is 44.5 Å². The number of rotatable bonds is 6. The van der Waals surface area contributed by atoms with Crippen molar-refractivity contribution in [2.75, 3.05) is 13.1 Å². The van der Waals surface area contributed by atoms with Crippen LogP contribution < -0.4 is 10.1 Å². The van der Waals surface area contributed by atoms with Crippen molar-refractivity contribution in [3.8, 4) is 17.0 Å². The zero-order chi connectivity index (χ0) is 22.8. The van der Waals surface area contributed by atoms with Gasteiger partial charge in [-0.05, 0) is 69.3 Å².